The third-order valence-electron chi connectivity index (χ3n) is 3.75. The molecule has 0 radical (unpaired) electrons. The molecule has 25 heavy (non-hydrogen) atoms. The van der Waals surface area contributed by atoms with Gasteiger partial charge in [-0.2, -0.15) is 0 Å². The first-order valence-electron chi connectivity index (χ1n) is 7.22. The molecule has 1 N–H and O–H groups in total. The van der Waals surface area contributed by atoms with Gasteiger partial charge in [-0.25, -0.2) is 0 Å². The van der Waals surface area contributed by atoms with Crippen molar-refractivity contribution in [3.63, 3.8) is 0 Å². The van der Waals surface area contributed by atoms with Gasteiger partial charge in [0.1, 0.15) is 5.56 Å². The summed E-state index contributed by atoms with van der Waals surface area (Å²) >= 11 is 5.97. The number of nitro benzene ring substituents is 1. The van der Waals surface area contributed by atoms with Crippen molar-refractivity contribution in [2.45, 2.75) is 0 Å². The number of hydrogen-bond acceptors (Lipinski definition) is 4. The number of rotatable bonds is 3. The Kier molecular flexibility index (Phi) is 4.24. The van der Waals surface area contributed by atoms with Crippen LogP contribution in [0.5, 0.6) is 0 Å². The third kappa shape index (κ3) is 3.09. The van der Waals surface area contributed by atoms with Crippen LogP contribution in [-0.2, 0) is 7.05 Å². The largest absolute Gasteiger partial charge is 0.350 e. The number of fused-ring (bicyclic) bond motifs is 1. The van der Waals surface area contributed by atoms with Gasteiger partial charge in [-0.05, 0) is 18.2 Å². The van der Waals surface area contributed by atoms with E-state index >= 15 is 0 Å². The minimum Gasteiger partial charge on any atom is -0.350 e. The number of nitrogens with zero attached hydrogens (tertiary/aromatic N) is 2. The van der Waals surface area contributed by atoms with Crippen LogP contribution in [0.4, 0.5) is 11.4 Å². The number of non-ortho nitro benzene ring substituents is 1. The number of hydrogen-bond donors (Lipinski definition) is 1. The standard InChI is InChI=1S/C17H12ClN3O4/c1-20-9-12(16(22)11-4-2-3-5-15(11)20)17(23)19-14-7-6-10(21(24)25)8-13(14)18/h2-9H,1H3,(H,19,23). The minimum absolute atomic E-state index is 0.0140. The molecule has 8 heteroatoms. The number of nitro groups is 1. The summed E-state index contributed by atoms with van der Waals surface area (Å²) in [5.74, 6) is -0.637. The van der Waals surface area contributed by atoms with Crippen LogP contribution >= 0.6 is 11.6 Å². The zero-order valence-electron chi connectivity index (χ0n) is 13.0. The predicted molar refractivity (Wildman–Crippen MR) is 95.2 cm³/mol. The summed E-state index contributed by atoms with van der Waals surface area (Å²) in [6.45, 7) is 0. The quantitative estimate of drug-likeness (QED) is 0.574. The van der Waals surface area contributed by atoms with Crippen molar-refractivity contribution < 1.29 is 9.72 Å². The van der Waals surface area contributed by atoms with Gasteiger partial charge in [0.2, 0.25) is 5.43 Å². The second-order valence-corrected chi connectivity index (χ2v) is 5.78. The maximum atomic E-state index is 12.5. The molecule has 0 spiro atoms. The van der Waals surface area contributed by atoms with Crippen LogP contribution in [0.2, 0.25) is 5.02 Å². The Bertz CT molecular complexity index is 1080. The number of carbonyl (C=O) groups is 1. The van der Waals surface area contributed by atoms with Crippen molar-refractivity contribution in [1.29, 1.82) is 0 Å². The van der Waals surface area contributed by atoms with E-state index in [1.54, 1.807) is 35.9 Å². The van der Waals surface area contributed by atoms with Gasteiger partial charge < -0.3 is 9.88 Å². The summed E-state index contributed by atoms with van der Waals surface area (Å²) in [6.07, 6.45) is 1.44. The fourth-order valence-corrected chi connectivity index (χ4v) is 2.73. The van der Waals surface area contributed by atoms with Gasteiger partial charge in [-0.15, -0.1) is 0 Å². The molecule has 2 aromatic carbocycles. The lowest BCUT2D eigenvalue weighted by molar-refractivity contribution is -0.384. The highest BCUT2D eigenvalue weighted by atomic mass is 35.5. The highest BCUT2D eigenvalue weighted by molar-refractivity contribution is 6.34. The number of aromatic nitrogens is 1. The first-order valence-corrected chi connectivity index (χ1v) is 7.60. The van der Waals surface area contributed by atoms with Gasteiger partial charge in [-0.3, -0.25) is 19.7 Å². The average Bonchev–Trinajstić information content (AvgIpc) is 2.59. The van der Waals surface area contributed by atoms with E-state index in [1.807, 2.05) is 0 Å². The lowest BCUT2D eigenvalue weighted by Gasteiger charge is -2.10. The second-order valence-electron chi connectivity index (χ2n) is 5.38. The SMILES string of the molecule is Cn1cc(C(=O)Nc2ccc([N+](=O)[O-])cc2Cl)c(=O)c2ccccc21. The highest BCUT2D eigenvalue weighted by Gasteiger charge is 2.17. The van der Waals surface area contributed by atoms with Gasteiger partial charge in [0, 0.05) is 30.8 Å². The number of anilines is 1. The lowest BCUT2D eigenvalue weighted by Crippen LogP contribution is -2.23. The van der Waals surface area contributed by atoms with E-state index in [-0.39, 0.29) is 22.0 Å². The van der Waals surface area contributed by atoms with Crippen molar-refractivity contribution in [2.24, 2.45) is 7.05 Å². The molecule has 1 amide bonds. The second kappa shape index (κ2) is 6.37. The number of nitrogens with one attached hydrogen (secondary N) is 1. The number of aryl methyl sites for hydroxylation is 1. The molecule has 3 rings (SSSR count). The Morgan fingerprint density at radius 3 is 2.64 bits per heavy atom. The summed E-state index contributed by atoms with van der Waals surface area (Å²) in [5, 5.41) is 13.7. The van der Waals surface area contributed by atoms with Crippen molar-refractivity contribution in [3.8, 4) is 0 Å². The highest BCUT2D eigenvalue weighted by Crippen LogP contribution is 2.27. The molecule has 0 saturated carbocycles. The van der Waals surface area contributed by atoms with E-state index in [0.717, 1.165) is 6.07 Å². The van der Waals surface area contributed by atoms with Gasteiger partial charge in [0.15, 0.2) is 0 Å². The molecule has 126 valence electrons. The summed E-state index contributed by atoms with van der Waals surface area (Å²) in [6, 6.07) is 10.6. The van der Waals surface area contributed by atoms with Gasteiger partial charge in [0.05, 0.1) is 21.2 Å². The Balaban J connectivity index is 2.00. The fourth-order valence-electron chi connectivity index (χ4n) is 2.51. The van der Waals surface area contributed by atoms with Crippen molar-refractivity contribution >= 4 is 39.8 Å². The molecule has 0 aliphatic heterocycles. The lowest BCUT2D eigenvalue weighted by atomic mass is 10.1. The molecule has 0 atom stereocenters. The Morgan fingerprint density at radius 2 is 1.96 bits per heavy atom. The van der Waals surface area contributed by atoms with Gasteiger partial charge in [-0.1, -0.05) is 23.7 Å². The van der Waals surface area contributed by atoms with E-state index in [2.05, 4.69) is 5.32 Å². The van der Waals surface area contributed by atoms with E-state index in [4.69, 9.17) is 11.6 Å². The van der Waals surface area contributed by atoms with Gasteiger partial charge >= 0.3 is 0 Å². The topological polar surface area (TPSA) is 94.2 Å². The monoisotopic (exact) mass is 357 g/mol. The molecule has 0 bridgehead atoms. The minimum atomic E-state index is -0.637. The van der Waals surface area contributed by atoms with Crippen molar-refractivity contribution in [2.75, 3.05) is 5.32 Å². The molecule has 0 aliphatic carbocycles. The number of para-hydroxylation sites is 1. The number of carbonyl (C=O) groups excluding carboxylic acids is 1. The van der Waals surface area contributed by atoms with E-state index in [0.29, 0.717) is 10.9 Å². The van der Waals surface area contributed by atoms with E-state index in [1.165, 1.54) is 18.3 Å². The fraction of sp³-hybridized carbons (Fsp3) is 0.0588. The van der Waals surface area contributed by atoms with Crippen molar-refractivity contribution in [1.82, 2.24) is 4.57 Å². The van der Waals surface area contributed by atoms with Crippen LogP contribution in [0, 0.1) is 10.1 Å². The molecule has 3 aromatic rings. The molecule has 0 saturated heterocycles. The van der Waals surface area contributed by atoms with Crippen LogP contribution in [-0.4, -0.2) is 15.4 Å². The molecular formula is C17H12ClN3O4. The van der Waals surface area contributed by atoms with Crippen molar-refractivity contribution in [3.05, 3.63) is 79.6 Å². The Hall–Kier alpha value is -3.19. The zero-order valence-corrected chi connectivity index (χ0v) is 13.8. The number of pyridine rings is 1. The van der Waals surface area contributed by atoms with Crippen LogP contribution < -0.4 is 10.7 Å². The normalized spacial score (nSPS) is 10.6. The van der Waals surface area contributed by atoms with E-state index < -0.39 is 16.3 Å². The first-order chi connectivity index (χ1) is 11.9. The molecule has 1 heterocycles. The molecule has 1 aromatic heterocycles. The van der Waals surface area contributed by atoms with Crippen LogP contribution in [0.15, 0.2) is 53.5 Å². The molecule has 7 nitrogen and oxygen atoms in total. The zero-order chi connectivity index (χ0) is 18.1. The van der Waals surface area contributed by atoms with E-state index in [9.17, 15) is 19.7 Å². The molecule has 0 aliphatic rings. The third-order valence-corrected chi connectivity index (χ3v) is 4.07. The summed E-state index contributed by atoms with van der Waals surface area (Å²) in [7, 11) is 1.73. The summed E-state index contributed by atoms with van der Waals surface area (Å²) < 4.78 is 1.68. The Labute approximate surface area is 146 Å². The molecule has 0 unspecified atom stereocenters. The molecule has 0 fully saturated rings. The number of amides is 1. The van der Waals surface area contributed by atoms with Gasteiger partial charge in [0.25, 0.3) is 11.6 Å². The van der Waals surface area contributed by atoms with Crippen LogP contribution in [0.3, 0.4) is 0 Å². The first kappa shape index (κ1) is 16.7. The smallest absolute Gasteiger partial charge is 0.271 e. The summed E-state index contributed by atoms with van der Waals surface area (Å²) in [4.78, 5) is 35.2. The maximum Gasteiger partial charge on any atom is 0.271 e. The maximum absolute atomic E-state index is 12.5. The van der Waals surface area contributed by atoms with Crippen LogP contribution in [0.25, 0.3) is 10.9 Å². The predicted octanol–water partition coefficient (Wildman–Crippen LogP) is 3.35. The number of halogens is 1. The number of benzene rings is 2. The summed E-state index contributed by atoms with van der Waals surface area (Å²) in [5.41, 5.74) is 0.259. The van der Waals surface area contributed by atoms with Crippen LogP contribution in [0.1, 0.15) is 10.4 Å². The Morgan fingerprint density at radius 1 is 1.24 bits per heavy atom. The molecular weight excluding hydrogens is 346 g/mol. The average molecular weight is 358 g/mol.